The van der Waals surface area contributed by atoms with Crippen LogP contribution in [0, 0.1) is 0 Å². The largest absolute Gasteiger partial charge is 0.456 e. The Kier molecular flexibility index (Phi) is 7.93. The molecule has 0 aliphatic heterocycles. The van der Waals surface area contributed by atoms with Crippen LogP contribution in [-0.4, -0.2) is 15.0 Å². The molecule has 5 heteroatoms. The summed E-state index contributed by atoms with van der Waals surface area (Å²) >= 11 is 0. The summed E-state index contributed by atoms with van der Waals surface area (Å²) in [5, 5.41) is 4.45. The van der Waals surface area contributed by atoms with Gasteiger partial charge in [-0.05, 0) is 121 Å². The number of hydrogen-bond acceptors (Lipinski definition) is 5. The molecule has 10 aromatic carbocycles. The molecule has 3 aromatic heterocycles. The third-order valence-corrected chi connectivity index (χ3v) is 14.5. The Morgan fingerprint density at radius 1 is 0.275 bits per heavy atom. The average molecular weight is 880 g/mol. The number of nitrogens with zero attached hydrogens (tertiary/aromatic N) is 3. The smallest absolute Gasteiger partial charge is 0.164 e. The molecule has 0 bridgehead atoms. The SMILES string of the molecule is c1ccc(-c2cc(-c3ccc4c(c3)oc3ccc5c(c34)C3(c4ccccc4-c4ccccc43)c3cc4oc6ccccc6c4cc3-5)cc(-c3nc(-c4ccccc4)nc(-c4ccccc4)n3)c2)cc1. The second-order valence-corrected chi connectivity index (χ2v) is 18.2. The van der Waals surface area contributed by atoms with Gasteiger partial charge in [-0.25, -0.2) is 15.0 Å². The Morgan fingerprint density at radius 2 is 0.812 bits per heavy atom. The summed E-state index contributed by atoms with van der Waals surface area (Å²) in [7, 11) is 0. The van der Waals surface area contributed by atoms with Crippen LogP contribution in [0.2, 0.25) is 0 Å². The van der Waals surface area contributed by atoms with E-state index >= 15 is 0 Å². The van der Waals surface area contributed by atoms with Gasteiger partial charge in [0.1, 0.15) is 22.3 Å². The van der Waals surface area contributed by atoms with Crippen LogP contribution in [0.3, 0.4) is 0 Å². The topological polar surface area (TPSA) is 65.0 Å². The van der Waals surface area contributed by atoms with E-state index in [1.54, 1.807) is 0 Å². The van der Waals surface area contributed by atoms with Crippen molar-refractivity contribution in [3.8, 4) is 78.7 Å². The average Bonchev–Trinajstić information content (AvgIpc) is 4.15. The van der Waals surface area contributed by atoms with Crippen LogP contribution in [0.25, 0.3) is 123 Å². The van der Waals surface area contributed by atoms with Gasteiger partial charge in [-0.15, -0.1) is 0 Å². The fourth-order valence-corrected chi connectivity index (χ4v) is 11.6. The van der Waals surface area contributed by atoms with E-state index in [1.807, 2.05) is 66.7 Å². The zero-order valence-electron chi connectivity index (χ0n) is 37.0. The van der Waals surface area contributed by atoms with E-state index in [1.165, 1.54) is 44.5 Å². The van der Waals surface area contributed by atoms with Gasteiger partial charge in [-0.1, -0.05) is 170 Å². The molecule has 1 spiro atoms. The summed E-state index contributed by atoms with van der Waals surface area (Å²) in [6.45, 7) is 0. The molecule has 5 nitrogen and oxygen atoms in total. The van der Waals surface area contributed by atoms with Crippen LogP contribution in [0.15, 0.2) is 233 Å². The minimum atomic E-state index is -0.610. The lowest BCUT2D eigenvalue weighted by Gasteiger charge is -2.31. The molecule has 0 atom stereocenters. The highest BCUT2D eigenvalue weighted by Gasteiger charge is 2.53. The van der Waals surface area contributed by atoms with Crippen LogP contribution in [-0.2, 0) is 5.41 Å². The van der Waals surface area contributed by atoms with Gasteiger partial charge in [0.05, 0.1) is 5.41 Å². The Balaban J connectivity index is 0.960. The first kappa shape index (κ1) is 38.0. The fourth-order valence-electron chi connectivity index (χ4n) is 11.6. The van der Waals surface area contributed by atoms with E-state index in [9.17, 15) is 0 Å². The highest BCUT2D eigenvalue weighted by atomic mass is 16.3. The second-order valence-electron chi connectivity index (χ2n) is 18.2. The summed E-state index contributed by atoms with van der Waals surface area (Å²) in [5.41, 5.74) is 19.8. The number of benzene rings is 10. The lowest BCUT2D eigenvalue weighted by molar-refractivity contribution is 0.666. The van der Waals surface area contributed by atoms with Crippen LogP contribution in [0.1, 0.15) is 22.3 Å². The van der Waals surface area contributed by atoms with Crippen LogP contribution in [0.4, 0.5) is 0 Å². The quantitative estimate of drug-likeness (QED) is 0.172. The van der Waals surface area contributed by atoms with Crippen LogP contribution >= 0.6 is 0 Å². The maximum Gasteiger partial charge on any atom is 0.164 e. The molecule has 0 saturated heterocycles. The third kappa shape index (κ3) is 5.50. The van der Waals surface area contributed by atoms with Gasteiger partial charge >= 0.3 is 0 Å². The number of aromatic nitrogens is 3. The van der Waals surface area contributed by atoms with Crippen molar-refractivity contribution < 1.29 is 8.83 Å². The van der Waals surface area contributed by atoms with Crippen molar-refractivity contribution >= 4 is 43.9 Å². The van der Waals surface area contributed by atoms with Crippen molar-refractivity contribution in [1.82, 2.24) is 15.0 Å². The van der Waals surface area contributed by atoms with Crippen molar-refractivity contribution in [2.75, 3.05) is 0 Å². The van der Waals surface area contributed by atoms with Gasteiger partial charge < -0.3 is 8.83 Å². The van der Waals surface area contributed by atoms with Gasteiger partial charge in [-0.2, -0.15) is 0 Å². The standard InChI is InChI=1S/C64H37N3O2/c1-4-16-38(17-5-1)42-32-43(34-44(33-42)63-66-61(39-18-6-2-7-19-39)65-62(67-63)40-20-8-3-9-21-40)41-28-29-49-57(35-41)69-56-31-30-48-50-36-51-47-24-12-15-27-55(47)68-58(51)37-54(50)64(60(48)59(49)56)52-25-13-10-22-45(52)46-23-11-14-26-53(46)64/h1-37H. The first-order valence-corrected chi connectivity index (χ1v) is 23.4. The maximum atomic E-state index is 7.05. The van der Waals surface area contributed by atoms with E-state index < -0.39 is 5.41 Å². The van der Waals surface area contributed by atoms with Crippen molar-refractivity contribution in [1.29, 1.82) is 0 Å². The van der Waals surface area contributed by atoms with Crippen molar-refractivity contribution in [3.05, 3.63) is 247 Å². The van der Waals surface area contributed by atoms with E-state index in [0.717, 1.165) is 82.8 Å². The molecule has 0 N–H and O–H groups in total. The normalized spacial score (nSPS) is 13.0. The first-order chi connectivity index (χ1) is 34.2. The lowest BCUT2D eigenvalue weighted by Crippen LogP contribution is -2.26. The molecule has 0 amide bonds. The van der Waals surface area contributed by atoms with Gasteiger partial charge in [0, 0.05) is 38.2 Å². The predicted octanol–water partition coefficient (Wildman–Crippen LogP) is 16.3. The third-order valence-electron chi connectivity index (χ3n) is 14.5. The van der Waals surface area contributed by atoms with Gasteiger partial charge in [0.2, 0.25) is 0 Å². The van der Waals surface area contributed by atoms with Crippen LogP contribution in [0.5, 0.6) is 0 Å². The zero-order chi connectivity index (χ0) is 45.2. The minimum Gasteiger partial charge on any atom is -0.456 e. The highest BCUT2D eigenvalue weighted by molar-refractivity contribution is 6.16. The van der Waals surface area contributed by atoms with Crippen molar-refractivity contribution in [3.63, 3.8) is 0 Å². The Labute approximate surface area is 396 Å². The van der Waals surface area contributed by atoms with E-state index in [-0.39, 0.29) is 0 Å². The molecule has 0 unspecified atom stereocenters. The van der Waals surface area contributed by atoms with Crippen molar-refractivity contribution in [2.24, 2.45) is 0 Å². The summed E-state index contributed by atoms with van der Waals surface area (Å²) in [6.07, 6.45) is 0. The minimum absolute atomic E-state index is 0.601. The lowest BCUT2D eigenvalue weighted by atomic mass is 9.69. The predicted molar refractivity (Wildman–Crippen MR) is 278 cm³/mol. The molecular formula is C64H37N3O2. The molecule has 13 aromatic rings. The highest BCUT2D eigenvalue weighted by Crippen LogP contribution is 2.65. The fraction of sp³-hybridized carbons (Fsp3) is 0.0156. The number of hydrogen-bond donors (Lipinski definition) is 0. The van der Waals surface area contributed by atoms with E-state index in [2.05, 4.69) is 158 Å². The van der Waals surface area contributed by atoms with Gasteiger partial charge in [0.25, 0.3) is 0 Å². The Bertz CT molecular complexity index is 4140. The molecule has 69 heavy (non-hydrogen) atoms. The molecule has 15 rings (SSSR count). The monoisotopic (exact) mass is 879 g/mol. The molecule has 320 valence electrons. The number of para-hydroxylation sites is 1. The number of rotatable bonds is 5. The molecule has 2 aliphatic carbocycles. The van der Waals surface area contributed by atoms with E-state index in [0.29, 0.717) is 17.5 Å². The van der Waals surface area contributed by atoms with E-state index in [4.69, 9.17) is 23.8 Å². The first-order valence-electron chi connectivity index (χ1n) is 23.4. The van der Waals surface area contributed by atoms with Gasteiger partial charge in [0.15, 0.2) is 17.5 Å². The zero-order valence-corrected chi connectivity index (χ0v) is 37.0. The number of furan rings is 2. The summed E-state index contributed by atoms with van der Waals surface area (Å²) in [5.74, 6) is 1.84. The molecule has 3 heterocycles. The molecular weight excluding hydrogens is 843 g/mol. The molecule has 0 fully saturated rings. The summed E-state index contributed by atoms with van der Waals surface area (Å²) < 4.78 is 13.7. The summed E-state index contributed by atoms with van der Waals surface area (Å²) in [4.78, 5) is 15.3. The molecule has 2 aliphatic rings. The summed E-state index contributed by atoms with van der Waals surface area (Å²) in [6, 6.07) is 79.5. The maximum absolute atomic E-state index is 7.05. The Hall–Kier alpha value is -9.19. The second kappa shape index (κ2) is 14.4. The Morgan fingerprint density at radius 3 is 1.49 bits per heavy atom. The molecule has 0 saturated carbocycles. The van der Waals surface area contributed by atoms with Gasteiger partial charge in [-0.3, -0.25) is 0 Å². The van der Waals surface area contributed by atoms with Crippen molar-refractivity contribution in [2.45, 2.75) is 5.41 Å². The number of fused-ring (bicyclic) bond motifs is 17. The molecule has 0 radical (unpaired) electrons. The van der Waals surface area contributed by atoms with Crippen LogP contribution < -0.4 is 0 Å².